The minimum absolute atomic E-state index is 0.0528. The molecule has 8 aromatic carbocycles. The highest BCUT2D eigenvalue weighted by molar-refractivity contribution is 5.96. The summed E-state index contributed by atoms with van der Waals surface area (Å²) in [4.78, 5) is 2.47. The van der Waals surface area contributed by atoms with Crippen molar-refractivity contribution in [2.75, 3.05) is 4.90 Å². The lowest BCUT2D eigenvalue weighted by Gasteiger charge is -2.30. The van der Waals surface area contributed by atoms with Gasteiger partial charge in [0.15, 0.2) is 0 Å². The highest BCUT2D eigenvalue weighted by Gasteiger charge is 2.39. The molecule has 3 aliphatic carbocycles. The van der Waals surface area contributed by atoms with Crippen LogP contribution in [-0.4, -0.2) is 0 Å². The lowest BCUT2D eigenvalue weighted by molar-refractivity contribution is 0.443. The minimum Gasteiger partial charge on any atom is -0.310 e. The highest BCUT2D eigenvalue weighted by Crippen LogP contribution is 2.55. The third-order valence-electron chi connectivity index (χ3n) is 14.5. The van der Waals surface area contributed by atoms with Gasteiger partial charge in [-0.2, -0.15) is 0 Å². The topological polar surface area (TPSA) is 3.24 Å². The number of fused-ring (bicyclic) bond motifs is 6. The van der Waals surface area contributed by atoms with E-state index in [0.29, 0.717) is 5.92 Å². The Morgan fingerprint density at radius 2 is 0.934 bits per heavy atom. The molecule has 0 heterocycles. The Balaban J connectivity index is 1.01. The molecule has 0 aliphatic heterocycles. The van der Waals surface area contributed by atoms with Crippen LogP contribution in [0.25, 0.3) is 55.6 Å². The van der Waals surface area contributed by atoms with Gasteiger partial charge in [-0.25, -0.2) is 0 Å². The Hall–Kier alpha value is -6.44. The lowest BCUT2D eigenvalue weighted by Crippen LogP contribution is -2.17. The molecule has 0 unspecified atom stereocenters. The van der Waals surface area contributed by atoms with Crippen molar-refractivity contribution in [3.63, 3.8) is 0 Å². The normalized spacial score (nSPS) is 15.7. The van der Waals surface area contributed by atoms with E-state index < -0.39 is 0 Å². The Kier molecular flexibility index (Phi) is 9.01. The molecule has 11 rings (SSSR count). The molecule has 0 amide bonds. The summed E-state index contributed by atoms with van der Waals surface area (Å²) in [7, 11) is 0. The van der Waals surface area contributed by atoms with Crippen LogP contribution in [0.5, 0.6) is 0 Å². The van der Waals surface area contributed by atoms with Crippen molar-refractivity contribution in [2.45, 2.75) is 76.5 Å². The molecule has 1 nitrogen and oxygen atoms in total. The SMILES string of the molecule is CC1(C)c2ccccc2-c2ccc(-c3cccc4c3-c3ccc(N(c5ccc(-c6ccc(C7CCCCC7)cc6)cc5)c5ccccc5-c5ccccc5)cc3C4(C)C)cc21. The molecular formula is C60H53N. The first kappa shape index (κ1) is 37.6. The van der Waals surface area contributed by atoms with Crippen molar-refractivity contribution in [2.24, 2.45) is 0 Å². The average molecular weight is 788 g/mol. The number of hydrogen-bond acceptors (Lipinski definition) is 1. The Morgan fingerprint density at radius 3 is 1.70 bits per heavy atom. The predicted molar refractivity (Wildman–Crippen MR) is 258 cm³/mol. The van der Waals surface area contributed by atoms with Gasteiger partial charge in [-0.15, -0.1) is 0 Å². The standard InChI is InChI=1S/C60H53N/c1-59(2)53-23-13-11-21-50(53)51-36-32-45(38-55(51)59)49-22-15-24-54-58(49)52-37-35-47(39-56(52)60(54,3)4)61(57-25-14-12-20-48(57)44-18-9-6-10-19-44)46-33-30-43(31-34-46)42-28-26-41(27-29-42)40-16-7-5-8-17-40/h6,9-15,18-40H,5,7-8,16-17H2,1-4H3. The van der Waals surface area contributed by atoms with Crippen LogP contribution in [0.2, 0.25) is 0 Å². The van der Waals surface area contributed by atoms with Gasteiger partial charge in [0.2, 0.25) is 0 Å². The molecule has 1 saturated carbocycles. The zero-order chi connectivity index (χ0) is 41.3. The first-order valence-electron chi connectivity index (χ1n) is 22.5. The summed E-state index contributed by atoms with van der Waals surface area (Å²) in [5.74, 6) is 0.713. The summed E-state index contributed by atoms with van der Waals surface area (Å²) >= 11 is 0. The van der Waals surface area contributed by atoms with Crippen molar-refractivity contribution in [1.29, 1.82) is 0 Å². The Labute approximate surface area is 362 Å². The quantitative estimate of drug-likeness (QED) is 0.155. The second-order valence-electron chi connectivity index (χ2n) is 18.7. The van der Waals surface area contributed by atoms with Gasteiger partial charge in [0.25, 0.3) is 0 Å². The number of rotatable bonds is 7. The maximum absolute atomic E-state index is 2.47. The van der Waals surface area contributed by atoms with Gasteiger partial charge in [0.05, 0.1) is 5.69 Å². The molecule has 0 atom stereocenters. The molecule has 0 spiro atoms. The van der Waals surface area contributed by atoms with E-state index in [1.807, 2.05) is 0 Å². The molecule has 3 aliphatic rings. The first-order valence-corrected chi connectivity index (χ1v) is 22.5. The van der Waals surface area contributed by atoms with Gasteiger partial charge in [0, 0.05) is 27.8 Å². The Morgan fingerprint density at radius 1 is 0.377 bits per heavy atom. The van der Waals surface area contributed by atoms with Gasteiger partial charge in [0.1, 0.15) is 0 Å². The van der Waals surface area contributed by atoms with Crippen LogP contribution in [0, 0.1) is 0 Å². The van der Waals surface area contributed by atoms with Crippen LogP contribution in [0.1, 0.15) is 93.5 Å². The van der Waals surface area contributed by atoms with E-state index in [2.05, 4.69) is 215 Å². The molecule has 0 N–H and O–H groups in total. The second-order valence-corrected chi connectivity index (χ2v) is 18.7. The van der Waals surface area contributed by atoms with Crippen LogP contribution in [0.15, 0.2) is 182 Å². The number of hydrogen-bond donors (Lipinski definition) is 0. The van der Waals surface area contributed by atoms with Crippen molar-refractivity contribution >= 4 is 17.1 Å². The third-order valence-corrected chi connectivity index (χ3v) is 14.5. The van der Waals surface area contributed by atoms with E-state index in [1.54, 1.807) is 0 Å². The molecule has 1 heteroatoms. The predicted octanol–water partition coefficient (Wildman–Crippen LogP) is 16.8. The summed E-state index contributed by atoms with van der Waals surface area (Å²) in [6, 6.07) is 68.6. The summed E-state index contributed by atoms with van der Waals surface area (Å²) in [6.07, 6.45) is 6.75. The van der Waals surface area contributed by atoms with Crippen LogP contribution in [-0.2, 0) is 10.8 Å². The number of anilines is 3. The molecule has 1 fully saturated rings. The first-order chi connectivity index (χ1) is 29.8. The van der Waals surface area contributed by atoms with Gasteiger partial charge in [-0.3, -0.25) is 0 Å². The average Bonchev–Trinajstić information content (AvgIpc) is 3.69. The molecule has 0 radical (unpaired) electrons. The van der Waals surface area contributed by atoms with Crippen molar-refractivity contribution in [3.8, 4) is 55.6 Å². The van der Waals surface area contributed by atoms with Crippen molar-refractivity contribution in [3.05, 3.63) is 210 Å². The minimum atomic E-state index is -0.193. The van der Waals surface area contributed by atoms with Gasteiger partial charge in [-0.1, -0.05) is 193 Å². The van der Waals surface area contributed by atoms with Crippen LogP contribution < -0.4 is 4.90 Å². The maximum Gasteiger partial charge on any atom is 0.0540 e. The van der Waals surface area contributed by atoms with Crippen LogP contribution in [0.4, 0.5) is 17.1 Å². The largest absolute Gasteiger partial charge is 0.310 e. The second kappa shape index (κ2) is 14.6. The fraction of sp³-hybridized carbons (Fsp3) is 0.200. The molecule has 0 bridgehead atoms. The summed E-state index contributed by atoms with van der Waals surface area (Å²) < 4.78 is 0. The number of benzene rings is 8. The summed E-state index contributed by atoms with van der Waals surface area (Å²) in [6.45, 7) is 9.57. The fourth-order valence-corrected chi connectivity index (χ4v) is 11.2. The lowest BCUT2D eigenvalue weighted by atomic mass is 9.80. The van der Waals surface area contributed by atoms with Crippen LogP contribution in [0.3, 0.4) is 0 Å². The smallest absolute Gasteiger partial charge is 0.0540 e. The van der Waals surface area contributed by atoms with E-state index in [9.17, 15) is 0 Å². The van der Waals surface area contributed by atoms with Crippen molar-refractivity contribution < 1.29 is 0 Å². The van der Waals surface area contributed by atoms with E-state index in [0.717, 1.165) is 17.1 Å². The molecule has 61 heavy (non-hydrogen) atoms. The van der Waals surface area contributed by atoms with Gasteiger partial charge >= 0.3 is 0 Å². The summed E-state index contributed by atoms with van der Waals surface area (Å²) in [5.41, 5.74) is 23.2. The third kappa shape index (κ3) is 6.20. The number of nitrogens with zero attached hydrogens (tertiary/aromatic N) is 1. The van der Waals surface area contributed by atoms with Gasteiger partial charge in [-0.05, 0) is 133 Å². The molecule has 0 aromatic heterocycles. The maximum atomic E-state index is 2.47. The Bertz CT molecular complexity index is 2920. The molecule has 0 saturated heterocycles. The van der Waals surface area contributed by atoms with E-state index in [4.69, 9.17) is 0 Å². The van der Waals surface area contributed by atoms with E-state index in [1.165, 1.54) is 116 Å². The highest BCUT2D eigenvalue weighted by atomic mass is 15.1. The number of para-hydroxylation sites is 1. The van der Waals surface area contributed by atoms with E-state index >= 15 is 0 Å². The molecular weight excluding hydrogens is 735 g/mol. The monoisotopic (exact) mass is 787 g/mol. The van der Waals surface area contributed by atoms with Gasteiger partial charge < -0.3 is 4.90 Å². The van der Waals surface area contributed by atoms with Crippen LogP contribution >= 0.6 is 0 Å². The molecule has 298 valence electrons. The van der Waals surface area contributed by atoms with Crippen molar-refractivity contribution in [1.82, 2.24) is 0 Å². The van der Waals surface area contributed by atoms with E-state index in [-0.39, 0.29) is 10.8 Å². The zero-order valence-electron chi connectivity index (χ0n) is 35.9. The fourth-order valence-electron chi connectivity index (χ4n) is 11.2. The zero-order valence-corrected chi connectivity index (χ0v) is 35.9. The summed E-state index contributed by atoms with van der Waals surface area (Å²) in [5, 5.41) is 0. The molecule has 8 aromatic rings.